The first-order chi connectivity index (χ1) is 12.6. The summed E-state index contributed by atoms with van der Waals surface area (Å²) in [7, 11) is 2.18. The molecule has 5 heteroatoms. The van der Waals surface area contributed by atoms with Gasteiger partial charge in [-0.15, -0.1) is 11.3 Å². The summed E-state index contributed by atoms with van der Waals surface area (Å²) in [4.78, 5) is 19.5. The number of thiophene rings is 1. The highest BCUT2D eigenvalue weighted by molar-refractivity contribution is 7.14. The van der Waals surface area contributed by atoms with E-state index in [1.807, 2.05) is 6.07 Å². The number of carbonyl (C=O) groups is 1. The SMILES string of the molecule is CCc1sc(C(=O)NCc2ccccc2CN2CCN(C)CC2)cc1C. The molecule has 0 spiro atoms. The van der Waals surface area contributed by atoms with Crippen LogP contribution < -0.4 is 5.32 Å². The summed E-state index contributed by atoms with van der Waals surface area (Å²) in [6, 6.07) is 10.5. The van der Waals surface area contributed by atoms with Crippen LogP contribution >= 0.6 is 11.3 Å². The zero-order chi connectivity index (χ0) is 18.5. The van der Waals surface area contributed by atoms with E-state index in [0.717, 1.165) is 44.0 Å². The Hall–Kier alpha value is -1.69. The number of hydrogen-bond donors (Lipinski definition) is 1. The monoisotopic (exact) mass is 371 g/mol. The quantitative estimate of drug-likeness (QED) is 0.846. The van der Waals surface area contributed by atoms with Crippen molar-refractivity contribution in [2.24, 2.45) is 0 Å². The minimum atomic E-state index is 0.0344. The highest BCUT2D eigenvalue weighted by atomic mass is 32.1. The molecule has 1 aliphatic heterocycles. The molecule has 0 atom stereocenters. The largest absolute Gasteiger partial charge is 0.347 e. The van der Waals surface area contributed by atoms with Crippen LogP contribution in [-0.2, 0) is 19.5 Å². The number of piperazine rings is 1. The van der Waals surface area contributed by atoms with E-state index >= 15 is 0 Å². The third-order valence-corrected chi connectivity index (χ3v) is 6.49. The lowest BCUT2D eigenvalue weighted by atomic mass is 10.1. The van der Waals surface area contributed by atoms with E-state index in [2.05, 4.69) is 60.3 Å². The number of nitrogens with one attached hydrogen (secondary N) is 1. The summed E-state index contributed by atoms with van der Waals surface area (Å²) < 4.78 is 0. The number of carbonyl (C=O) groups excluding carboxylic acids is 1. The summed E-state index contributed by atoms with van der Waals surface area (Å²) in [6.45, 7) is 10.2. The van der Waals surface area contributed by atoms with Gasteiger partial charge < -0.3 is 10.2 Å². The molecule has 4 nitrogen and oxygen atoms in total. The maximum atomic E-state index is 12.5. The van der Waals surface area contributed by atoms with Crippen LogP contribution in [-0.4, -0.2) is 48.9 Å². The molecular weight excluding hydrogens is 342 g/mol. The molecule has 0 aliphatic carbocycles. The predicted octanol–water partition coefficient (Wildman–Crippen LogP) is 3.30. The molecule has 1 aromatic heterocycles. The van der Waals surface area contributed by atoms with Crippen LogP contribution in [0.4, 0.5) is 0 Å². The van der Waals surface area contributed by atoms with Crippen molar-refractivity contribution in [1.29, 1.82) is 0 Å². The van der Waals surface area contributed by atoms with Crippen molar-refractivity contribution in [3.05, 3.63) is 56.8 Å². The van der Waals surface area contributed by atoms with Crippen molar-refractivity contribution < 1.29 is 4.79 Å². The van der Waals surface area contributed by atoms with Crippen LogP contribution in [0.3, 0.4) is 0 Å². The maximum Gasteiger partial charge on any atom is 0.261 e. The maximum absolute atomic E-state index is 12.5. The molecular formula is C21H29N3OS. The first-order valence-electron chi connectivity index (χ1n) is 9.42. The molecule has 2 heterocycles. The molecule has 0 bridgehead atoms. The van der Waals surface area contributed by atoms with Gasteiger partial charge in [-0.2, -0.15) is 0 Å². The lowest BCUT2D eigenvalue weighted by Gasteiger charge is -2.32. The molecule has 1 fully saturated rings. The molecule has 1 aromatic carbocycles. The van der Waals surface area contributed by atoms with E-state index in [9.17, 15) is 4.79 Å². The lowest BCUT2D eigenvalue weighted by molar-refractivity contribution is 0.0954. The van der Waals surface area contributed by atoms with Gasteiger partial charge in [0.15, 0.2) is 0 Å². The molecule has 1 N–H and O–H groups in total. The molecule has 0 saturated carbocycles. The zero-order valence-corrected chi connectivity index (χ0v) is 16.9. The summed E-state index contributed by atoms with van der Waals surface area (Å²) in [5, 5.41) is 3.11. The average molecular weight is 372 g/mol. The average Bonchev–Trinajstić information content (AvgIpc) is 3.03. The summed E-state index contributed by atoms with van der Waals surface area (Å²) in [5.74, 6) is 0.0344. The number of hydrogen-bond acceptors (Lipinski definition) is 4. The third kappa shape index (κ3) is 4.72. The number of amides is 1. The first kappa shape index (κ1) is 19.1. The topological polar surface area (TPSA) is 35.6 Å². The molecule has 26 heavy (non-hydrogen) atoms. The van der Waals surface area contributed by atoms with Crippen LogP contribution in [0.1, 0.15) is 38.2 Å². The van der Waals surface area contributed by atoms with Gasteiger partial charge in [0.1, 0.15) is 0 Å². The number of likely N-dealkylation sites (N-methyl/N-ethyl adjacent to an activating group) is 1. The van der Waals surface area contributed by atoms with E-state index in [-0.39, 0.29) is 5.91 Å². The van der Waals surface area contributed by atoms with Gasteiger partial charge in [-0.1, -0.05) is 31.2 Å². The summed E-state index contributed by atoms with van der Waals surface area (Å²) in [6.07, 6.45) is 0.984. The van der Waals surface area contributed by atoms with Gasteiger partial charge in [0.05, 0.1) is 4.88 Å². The Kier molecular flexibility index (Phi) is 6.46. The van der Waals surface area contributed by atoms with Crippen molar-refractivity contribution in [3.8, 4) is 0 Å². The van der Waals surface area contributed by atoms with Gasteiger partial charge in [0, 0.05) is 44.1 Å². The van der Waals surface area contributed by atoms with Gasteiger partial charge in [-0.05, 0) is 43.1 Å². The van der Waals surface area contributed by atoms with Gasteiger partial charge in [0.2, 0.25) is 0 Å². The van der Waals surface area contributed by atoms with E-state index in [4.69, 9.17) is 0 Å². The van der Waals surface area contributed by atoms with Gasteiger partial charge >= 0.3 is 0 Å². The zero-order valence-electron chi connectivity index (χ0n) is 16.0. The number of benzene rings is 1. The Morgan fingerprint density at radius 2 is 1.85 bits per heavy atom. The Balaban J connectivity index is 1.61. The first-order valence-corrected chi connectivity index (χ1v) is 10.2. The molecule has 0 unspecified atom stereocenters. The van der Waals surface area contributed by atoms with Crippen molar-refractivity contribution >= 4 is 17.2 Å². The van der Waals surface area contributed by atoms with E-state index in [0.29, 0.717) is 6.54 Å². The number of aryl methyl sites for hydroxylation is 2. The lowest BCUT2D eigenvalue weighted by Crippen LogP contribution is -2.44. The van der Waals surface area contributed by atoms with Crippen molar-refractivity contribution in [1.82, 2.24) is 15.1 Å². The Labute approximate surface area is 160 Å². The van der Waals surface area contributed by atoms with Gasteiger partial charge in [-0.3, -0.25) is 9.69 Å². The van der Waals surface area contributed by atoms with Crippen molar-refractivity contribution in [2.45, 2.75) is 33.4 Å². The van der Waals surface area contributed by atoms with Gasteiger partial charge in [0.25, 0.3) is 5.91 Å². The third-order valence-electron chi connectivity index (χ3n) is 5.11. The second-order valence-electron chi connectivity index (χ2n) is 7.10. The number of rotatable bonds is 6. The summed E-state index contributed by atoms with van der Waals surface area (Å²) in [5.41, 5.74) is 3.75. The molecule has 1 amide bonds. The number of nitrogens with zero attached hydrogens (tertiary/aromatic N) is 2. The van der Waals surface area contributed by atoms with Crippen LogP contribution in [0.5, 0.6) is 0 Å². The van der Waals surface area contributed by atoms with Crippen molar-refractivity contribution in [3.63, 3.8) is 0 Å². The Morgan fingerprint density at radius 1 is 1.15 bits per heavy atom. The van der Waals surface area contributed by atoms with Crippen molar-refractivity contribution in [2.75, 3.05) is 33.2 Å². The molecule has 140 valence electrons. The van der Waals surface area contributed by atoms with Gasteiger partial charge in [-0.25, -0.2) is 0 Å². The van der Waals surface area contributed by atoms with Crippen LogP contribution in [0.25, 0.3) is 0 Å². The fourth-order valence-electron chi connectivity index (χ4n) is 3.38. The molecule has 1 saturated heterocycles. The van der Waals surface area contributed by atoms with E-state index in [1.165, 1.54) is 21.6 Å². The Morgan fingerprint density at radius 3 is 2.50 bits per heavy atom. The smallest absolute Gasteiger partial charge is 0.261 e. The minimum Gasteiger partial charge on any atom is -0.347 e. The standard InChI is InChI=1S/C21H29N3OS/c1-4-19-16(2)13-20(26-19)21(25)22-14-17-7-5-6-8-18(17)15-24-11-9-23(3)10-12-24/h5-8,13H,4,9-12,14-15H2,1-3H3,(H,22,25). The second-order valence-corrected chi connectivity index (χ2v) is 8.24. The van der Waals surface area contributed by atoms with E-state index < -0.39 is 0 Å². The highest BCUT2D eigenvalue weighted by Gasteiger charge is 2.16. The summed E-state index contributed by atoms with van der Waals surface area (Å²) >= 11 is 1.61. The second kappa shape index (κ2) is 8.80. The van der Waals surface area contributed by atoms with Crippen LogP contribution in [0.2, 0.25) is 0 Å². The minimum absolute atomic E-state index is 0.0344. The highest BCUT2D eigenvalue weighted by Crippen LogP contribution is 2.22. The normalized spacial score (nSPS) is 16.0. The Bertz CT molecular complexity index is 747. The van der Waals surface area contributed by atoms with Crippen LogP contribution in [0.15, 0.2) is 30.3 Å². The molecule has 2 aromatic rings. The molecule has 1 aliphatic rings. The fraction of sp³-hybridized carbons (Fsp3) is 0.476. The molecule has 3 rings (SSSR count). The fourth-order valence-corrected chi connectivity index (χ4v) is 4.41. The van der Waals surface area contributed by atoms with Crippen LogP contribution in [0, 0.1) is 6.92 Å². The predicted molar refractivity (Wildman–Crippen MR) is 109 cm³/mol. The van der Waals surface area contributed by atoms with E-state index in [1.54, 1.807) is 11.3 Å². The molecule has 0 radical (unpaired) electrons.